The third-order valence-corrected chi connectivity index (χ3v) is 6.64. The molecule has 6 aromatic rings. The summed E-state index contributed by atoms with van der Waals surface area (Å²) in [6, 6.07) is 26.4. The Balaban J connectivity index is 1.22. The predicted molar refractivity (Wildman–Crippen MR) is 161 cm³/mol. The molecule has 1 amide bonds. The van der Waals surface area contributed by atoms with Crippen LogP contribution in [0.25, 0.3) is 28.0 Å². The molecule has 0 aliphatic heterocycles. The Kier molecular flexibility index (Phi) is 6.87. The molecule has 10 nitrogen and oxygen atoms in total. The van der Waals surface area contributed by atoms with Gasteiger partial charge >= 0.3 is 0 Å². The van der Waals surface area contributed by atoms with Crippen molar-refractivity contribution < 1.29 is 14.1 Å². The summed E-state index contributed by atoms with van der Waals surface area (Å²) >= 11 is 0. The second kappa shape index (κ2) is 10.8. The molecule has 0 aliphatic rings. The normalized spacial score (nSPS) is 11.5. The standard InChI is InChI=1S/C32H29N7O3/c1-32(2,3)26-17-22(38-42-26)18-27(40)36-21-11-13-23(14-12-21)39-31-28(30(33)34-19-35-31)29(37-39)20-9-15-25(16-10-20)41-24-7-5-4-6-8-24/h4-17,19H,18H2,1-3H3,(H,36,40)(H2,33,34,35). The molecule has 210 valence electrons. The molecule has 0 atom stereocenters. The van der Waals surface area contributed by atoms with Crippen molar-refractivity contribution in [2.75, 3.05) is 11.1 Å². The fourth-order valence-electron chi connectivity index (χ4n) is 4.47. The summed E-state index contributed by atoms with van der Waals surface area (Å²) in [6.07, 6.45) is 1.53. The third-order valence-electron chi connectivity index (χ3n) is 6.64. The van der Waals surface area contributed by atoms with E-state index in [4.69, 9.17) is 20.1 Å². The van der Waals surface area contributed by atoms with Gasteiger partial charge in [0, 0.05) is 22.7 Å². The summed E-state index contributed by atoms with van der Waals surface area (Å²) in [7, 11) is 0. The number of rotatable bonds is 7. The zero-order chi connectivity index (χ0) is 29.3. The topological polar surface area (TPSA) is 134 Å². The van der Waals surface area contributed by atoms with E-state index >= 15 is 0 Å². The predicted octanol–water partition coefficient (Wildman–Crippen LogP) is 6.32. The second-order valence-corrected chi connectivity index (χ2v) is 10.9. The maximum atomic E-state index is 12.6. The molecule has 0 aliphatic carbocycles. The Hall–Kier alpha value is -5.51. The lowest BCUT2D eigenvalue weighted by Gasteiger charge is -2.12. The van der Waals surface area contributed by atoms with Crippen LogP contribution in [-0.2, 0) is 16.6 Å². The lowest BCUT2D eigenvalue weighted by Crippen LogP contribution is -2.14. The van der Waals surface area contributed by atoms with Crippen LogP contribution in [0.5, 0.6) is 11.5 Å². The first-order valence-electron chi connectivity index (χ1n) is 13.4. The molecule has 42 heavy (non-hydrogen) atoms. The van der Waals surface area contributed by atoms with E-state index in [1.54, 1.807) is 4.68 Å². The van der Waals surface area contributed by atoms with Gasteiger partial charge in [-0.2, -0.15) is 5.10 Å². The molecule has 0 fully saturated rings. The number of ether oxygens (including phenoxy) is 1. The highest BCUT2D eigenvalue weighted by atomic mass is 16.5. The number of benzene rings is 3. The number of nitrogens with zero attached hydrogens (tertiary/aromatic N) is 5. The van der Waals surface area contributed by atoms with Gasteiger partial charge in [-0.3, -0.25) is 4.79 Å². The number of nitrogens with two attached hydrogens (primary N) is 1. The van der Waals surface area contributed by atoms with Crippen LogP contribution >= 0.6 is 0 Å². The highest BCUT2D eigenvalue weighted by molar-refractivity contribution is 5.99. The number of carbonyl (C=O) groups is 1. The molecule has 0 bridgehead atoms. The maximum Gasteiger partial charge on any atom is 0.230 e. The molecule has 0 spiro atoms. The molecular formula is C32H29N7O3. The van der Waals surface area contributed by atoms with Crippen LogP contribution in [0, 0.1) is 0 Å². The zero-order valence-electron chi connectivity index (χ0n) is 23.4. The highest BCUT2D eigenvalue weighted by Crippen LogP contribution is 2.33. The van der Waals surface area contributed by atoms with Gasteiger partial charge in [0.2, 0.25) is 5.91 Å². The number of hydrogen-bond acceptors (Lipinski definition) is 8. The minimum atomic E-state index is -0.191. The molecule has 0 radical (unpaired) electrons. The SMILES string of the molecule is CC(C)(C)c1cc(CC(=O)Nc2ccc(-n3nc(-c4ccc(Oc5ccccc5)cc4)c4c(N)ncnc43)cc2)no1. The summed E-state index contributed by atoms with van der Waals surface area (Å²) in [5.74, 6) is 2.33. The minimum absolute atomic E-state index is 0.111. The number of nitrogen functional groups attached to an aromatic ring is 1. The Morgan fingerprint density at radius 1 is 0.952 bits per heavy atom. The molecule has 0 saturated heterocycles. The summed E-state index contributed by atoms with van der Waals surface area (Å²) in [4.78, 5) is 21.3. The molecule has 3 heterocycles. The number of fused-ring (bicyclic) bond motifs is 1. The number of anilines is 2. The van der Waals surface area contributed by atoms with Gasteiger partial charge in [0.1, 0.15) is 35.1 Å². The lowest BCUT2D eigenvalue weighted by molar-refractivity contribution is -0.115. The van der Waals surface area contributed by atoms with Crippen molar-refractivity contribution in [1.29, 1.82) is 0 Å². The van der Waals surface area contributed by atoms with E-state index in [1.807, 2.05) is 106 Å². The van der Waals surface area contributed by atoms with E-state index in [1.165, 1.54) is 6.33 Å². The van der Waals surface area contributed by atoms with E-state index in [9.17, 15) is 4.79 Å². The minimum Gasteiger partial charge on any atom is -0.457 e. The van der Waals surface area contributed by atoms with Crippen molar-refractivity contribution in [3.8, 4) is 28.4 Å². The second-order valence-electron chi connectivity index (χ2n) is 10.9. The van der Waals surface area contributed by atoms with Crippen LogP contribution in [0.3, 0.4) is 0 Å². The van der Waals surface area contributed by atoms with Crippen molar-refractivity contribution in [1.82, 2.24) is 24.9 Å². The Morgan fingerprint density at radius 2 is 1.67 bits per heavy atom. The molecule has 6 rings (SSSR count). The maximum absolute atomic E-state index is 12.6. The van der Waals surface area contributed by atoms with E-state index in [0.29, 0.717) is 39.7 Å². The first-order valence-corrected chi connectivity index (χ1v) is 13.4. The Bertz CT molecular complexity index is 1850. The fraction of sp³-hybridized carbons (Fsp3) is 0.156. The summed E-state index contributed by atoms with van der Waals surface area (Å²) in [5.41, 5.74) is 10.2. The van der Waals surface area contributed by atoms with E-state index in [2.05, 4.69) is 20.4 Å². The summed E-state index contributed by atoms with van der Waals surface area (Å²) in [5, 5.41) is 12.4. The number of aromatic nitrogens is 5. The number of nitrogens with one attached hydrogen (secondary N) is 1. The highest BCUT2D eigenvalue weighted by Gasteiger charge is 2.21. The first-order chi connectivity index (χ1) is 20.2. The average Bonchev–Trinajstić information content (AvgIpc) is 3.61. The zero-order valence-corrected chi connectivity index (χ0v) is 23.4. The van der Waals surface area contributed by atoms with Gasteiger partial charge in [-0.05, 0) is 60.7 Å². The van der Waals surface area contributed by atoms with Gasteiger partial charge in [-0.15, -0.1) is 0 Å². The average molecular weight is 560 g/mol. The van der Waals surface area contributed by atoms with Crippen molar-refractivity contribution in [3.63, 3.8) is 0 Å². The van der Waals surface area contributed by atoms with Crippen LogP contribution in [0.1, 0.15) is 32.2 Å². The molecule has 3 N–H and O–H groups in total. The number of carbonyl (C=O) groups excluding carboxylic acids is 1. The smallest absolute Gasteiger partial charge is 0.230 e. The Labute approximate surface area is 242 Å². The lowest BCUT2D eigenvalue weighted by atomic mass is 9.93. The van der Waals surface area contributed by atoms with Crippen molar-refractivity contribution in [3.05, 3.63) is 103 Å². The van der Waals surface area contributed by atoms with Crippen LogP contribution in [0.15, 0.2) is 95.8 Å². The van der Waals surface area contributed by atoms with Gasteiger partial charge in [0.15, 0.2) is 5.65 Å². The fourth-order valence-corrected chi connectivity index (χ4v) is 4.47. The van der Waals surface area contributed by atoms with Crippen LogP contribution < -0.4 is 15.8 Å². The quantitative estimate of drug-likeness (QED) is 0.232. The van der Waals surface area contributed by atoms with Gasteiger partial charge in [-0.25, -0.2) is 14.6 Å². The van der Waals surface area contributed by atoms with Gasteiger partial charge < -0.3 is 20.3 Å². The van der Waals surface area contributed by atoms with Crippen molar-refractivity contribution in [2.45, 2.75) is 32.6 Å². The molecular weight excluding hydrogens is 530 g/mol. The summed E-state index contributed by atoms with van der Waals surface area (Å²) < 4.78 is 13.0. The first kappa shape index (κ1) is 26.7. The van der Waals surface area contributed by atoms with E-state index < -0.39 is 0 Å². The van der Waals surface area contributed by atoms with Crippen LogP contribution in [0.2, 0.25) is 0 Å². The molecule has 3 aromatic heterocycles. The van der Waals surface area contributed by atoms with Gasteiger partial charge in [0.05, 0.1) is 23.2 Å². The third kappa shape index (κ3) is 5.55. The van der Waals surface area contributed by atoms with Crippen molar-refractivity contribution in [2.24, 2.45) is 0 Å². The molecule has 0 saturated carbocycles. The van der Waals surface area contributed by atoms with Crippen LogP contribution in [-0.4, -0.2) is 30.8 Å². The van der Waals surface area contributed by atoms with Crippen molar-refractivity contribution >= 4 is 28.4 Å². The summed E-state index contributed by atoms with van der Waals surface area (Å²) in [6.45, 7) is 6.09. The number of amides is 1. The molecule has 3 aromatic carbocycles. The van der Waals surface area contributed by atoms with E-state index in [-0.39, 0.29) is 17.7 Å². The van der Waals surface area contributed by atoms with E-state index in [0.717, 1.165) is 22.8 Å². The molecule has 0 unspecified atom stereocenters. The van der Waals surface area contributed by atoms with Crippen LogP contribution in [0.4, 0.5) is 11.5 Å². The number of para-hydroxylation sites is 1. The monoisotopic (exact) mass is 559 g/mol. The molecule has 10 heteroatoms. The Morgan fingerprint density at radius 3 is 2.36 bits per heavy atom. The van der Waals surface area contributed by atoms with Gasteiger partial charge in [-0.1, -0.05) is 44.1 Å². The van der Waals surface area contributed by atoms with Gasteiger partial charge in [0.25, 0.3) is 0 Å². The number of hydrogen-bond donors (Lipinski definition) is 2. The largest absolute Gasteiger partial charge is 0.457 e.